The highest BCUT2D eigenvalue weighted by Gasteiger charge is 2.48. The lowest BCUT2D eigenvalue weighted by Gasteiger charge is -2.24. The molecule has 2 aliphatic rings. The van der Waals surface area contributed by atoms with Gasteiger partial charge in [0.1, 0.15) is 17.6 Å². The third-order valence-electron chi connectivity index (χ3n) is 8.09. The maximum atomic E-state index is 13.8. The average molecular weight is 613 g/mol. The number of ketones is 1. The fourth-order valence-electron chi connectivity index (χ4n) is 5.91. The van der Waals surface area contributed by atoms with Crippen LogP contribution in [0.1, 0.15) is 61.1 Å². The lowest BCUT2D eigenvalue weighted by Crippen LogP contribution is -2.29. The van der Waals surface area contributed by atoms with Crippen molar-refractivity contribution in [3.05, 3.63) is 81.9 Å². The fraction of sp³-hybridized carbons (Fsp3) is 0.343. The summed E-state index contributed by atoms with van der Waals surface area (Å²) in [5.74, 6) is 0.492. The molecule has 2 atom stereocenters. The van der Waals surface area contributed by atoms with Crippen LogP contribution in [0.2, 0.25) is 0 Å². The lowest BCUT2D eigenvalue weighted by molar-refractivity contribution is -0.132. The van der Waals surface area contributed by atoms with Crippen LogP contribution < -0.4 is 19.1 Å². The van der Waals surface area contributed by atoms with Crippen molar-refractivity contribution < 1.29 is 28.9 Å². The molecular weight excluding hydrogens is 576 g/mol. The highest BCUT2D eigenvalue weighted by Crippen LogP contribution is 2.46. The van der Waals surface area contributed by atoms with Gasteiger partial charge in [-0.25, -0.2) is 4.98 Å². The number of rotatable bonds is 8. The predicted molar refractivity (Wildman–Crippen MR) is 172 cm³/mol. The zero-order valence-electron chi connectivity index (χ0n) is 25.8. The largest absolute Gasteiger partial charge is 0.507 e. The summed E-state index contributed by atoms with van der Waals surface area (Å²) in [7, 11) is 1.55. The van der Waals surface area contributed by atoms with Crippen LogP contribution in [0.4, 0.5) is 5.13 Å². The number of anilines is 1. The van der Waals surface area contributed by atoms with E-state index in [2.05, 4.69) is 13.8 Å². The molecule has 6 rings (SSSR count). The van der Waals surface area contributed by atoms with Crippen LogP contribution in [0.25, 0.3) is 16.0 Å². The van der Waals surface area contributed by atoms with Gasteiger partial charge in [-0.15, -0.1) is 0 Å². The average Bonchev–Trinajstić information content (AvgIpc) is 3.65. The first-order valence-electron chi connectivity index (χ1n) is 14.8. The molecule has 4 aromatic rings. The molecule has 44 heavy (non-hydrogen) atoms. The van der Waals surface area contributed by atoms with Gasteiger partial charge in [0.25, 0.3) is 5.78 Å². The number of nitrogens with zero attached hydrogens (tertiary/aromatic N) is 2. The first-order valence-corrected chi connectivity index (χ1v) is 15.7. The third kappa shape index (κ3) is 5.30. The number of aromatic nitrogens is 1. The molecule has 0 aliphatic carbocycles. The zero-order valence-corrected chi connectivity index (χ0v) is 26.6. The van der Waals surface area contributed by atoms with Crippen molar-refractivity contribution in [3.63, 3.8) is 0 Å². The number of hydrogen-bond donors (Lipinski definition) is 1. The number of fused-ring (bicyclic) bond motifs is 2. The number of aliphatic hydroxyl groups excluding tert-OH is 1. The highest BCUT2D eigenvalue weighted by molar-refractivity contribution is 7.22. The van der Waals surface area contributed by atoms with Gasteiger partial charge in [0.2, 0.25) is 0 Å². The summed E-state index contributed by atoms with van der Waals surface area (Å²) in [5, 5.41) is 12.1. The van der Waals surface area contributed by atoms with Gasteiger partial charge in [-0.3, -0.25) is 14.5 Å². The van der Waals surface area contributed by atoms with Crippen molar-refractivity contribution in [2.24, 2.45) is 5.92 Å². The summed E-state index contributed by atoms with van der Waals surface area (Å²) in [5.41, 5.74) is 4.80. The Morgan fingerprint density at radius 1 is 1.11 bits per heavy atom. The van der Waals surface area contributed by atoms with Crippen LogP contribution >= 0.6 is 11.3 Å². The van der Waals surface area contributed by atoms with E-state index in [-0.39, 0.29) is 17.4 Å². The molecule has 228 valence electrons. The van der Waals surface area contributed by atoms with E-state index in [4.69, 9.17) is 19.2 Å². The van der Waals surface area contributed by atoms with Crippen LogP contribution in [0.5, 0.6) is 17.2 Å². The maximum absolute atomic E-state index is 13.8. The minimum Gasteiger partial charge on any atom is -0.507 e. The van der Waals surface area contributed by atoms with Crippen molar-refractivity contribution in [1.82, 2.24) is 4.98 Å². The Labute approximate surface area is 260 Å². The number of hydrogen-bond acceptors (Lipinski definition) is 8. The summed E-state index contributed by atoms with van der Waals surface area (Å²) in [6.07, 6.45) is 1.59. The smallest absolute Gasteiger partial charge is 0.301 e. The topological polar surface area (TPSA) is 98.2 Å². The molecule has 2 aliphatic heterocycles. The number of aryl methyl sites for hydroxylation is 2. The molecule has 1 N–H and O–H groups in total. The summed E-state index contributed by atoms with van der Waals surface area (Å²) in [6, 6.07) is 13.8. The van der Waals surface area contributed by atoms with E-state index in [0.29, 0.717) is 46.7 Å². The molecular formula is C35H36N2O6S. The molecule has 1 fully saturated rings. The van der Waals surface area contributed by atoms with Gasteiger partial charge >= 0.3 is 5.91 Å². The molecule has 0 radical (unpaired) electrons. The van der Waals surface area contributed by atoms with Gasteiger partial charge in [0.05, 0.1) is 35.5 Å². The summed E-state index contributed by atoms with van der Waals surface area (Å²) < 4.78 is 18.5. The number of thiazole rings is 1. The quantitative estimate of drug-likeness (QED) is 0.127. The maximum Gasteiger partial charge on any atom is 0.301 e. The lowest BCUT2D eigenvalue weighted by atomic mass is 9.94. The van der Waals surface area contributed by atoms with E-state index in [0.717, 1.165) is 39.1 Å². The molecule has 1 aromatic heterocycles. The van der Waals surface area contributed by atoms with E-state index in [9.17, 15) is 14.7 Å². The zero-order chi connectivity index (χ0) is 31.3. The van der Waals surface area contributed by atoms with Gasteiger partial charge in [-0.2, -0.15) is 0 Å². The normalized spacial score (nSPS) is 19.1. The van der Waals surface area contributed by atoms with Crippen molar-refractivity contribution in [3.8, 4) is 17.2 Å². The standard InChI is InChI=1S/C35H36N2O6S/c1-18(2)11-12-42-26-10-7-22(17-27(26)41-6)31-29(32(38)23-8-9-25-24(16-23)15-21(5)43-25)33(39)34(40)37(31)35-36-30-20(4)13-19(3)14-28(30)44-35/h7-10,13-14,16-18,21,31,38H,11-12,15H2,1-6H3/t21-,31+/m0/s1. The molecule has 8 nitrogen and oxygen atoms in total. The van der Waals surface area contributed by atoms with Crippen LogP contribution in [0.3, 0.4) is 0 Å². The van der Waals surface area contributed by atoms with E-state index in [1.165, 1.54) is 16.2 Å². The highest BCUT2D eigenvalue weighted by atomic mass is 32.1. The number of carbonyl (C=O) groups excluding carboxylic acids is 2. The molecule has 0 bridgehead atoms. The van der Waals surface area contributed by atoms with Gasteiger partial charge in [-0.05, 0) is 91.8 Å². The van der Waals surface area contributed by atoms with E-state index >= 15 is 0 Å². The molecule has 0 saturated carbocycles. The van der Waals surface area contributed by atoms with Crippen molar-refractivity contribution in [1.29, 1.82) is 0 Å². The number of ether oxygens (including phenoxy) is 3. The summed E-state index contributed by atoms with van der Waals surface area (Å²) in [6.45, 7) is 10.8. The molecule has 1 amide bonds. The van der Waals surface area contributed by atoms with Gasteiger partial charge in [0.15, 0.2) is 16.6 Å². The van der Waals surface area contributed by atoms with Crippen LogP contribution in [0.15, 0.2) is 54.1 Å². The van der Waals surface area contributed by atoms with Crippen molar-refractivity contribution >= 4 is 44.1 Å². The minimum absolute atomic E-state index is 0.00963. The Kier molecular flexibility index (Phi) is 7.84. The Bertz CT molecular complexity index is 1820. The number of Topliss-reactive ketones (excluding diaryl/α,β-unsaturated/α-hetero) is 1. The molecule has 3 heterocycles. The number of aliphatic hydroxyl groups is 1. The Hall–Kier alpha value is -4.37. The summed E-state index contributed by atoms with van der Waals surface area (Å²) in [4.78, 5) is 33.9. The molecule has 9 heteroatoms. The third-order valence-corrected chi connectivity index (χ3v) is 9.10. The Morgan fingerprint density at radius 2 is 1.91 bits per heavy atom. The SMILES string of the molecule is COc1cc([C@@H]2C(=C(O)c3ccc4c(c3)C[C@H](C)O4)C(=O)C(=O)N2c2nc3c(C)cc(C)cc3s2)ccc1OCCC(C)C. The molecule has 0 unspecified atom stereocenters. The first-order chi connectivity index (χ1) is 21.0. The summed E-state index contributed by atoms with van der Waals surface area (Å²) >= 11 is 1.35. The Balaban J connectivity index is 1.50. The molecule has 0 spiro atoms. The monoisotopic (exact) mass is 612 g/mol. The first kappa shape index (κ1) is 29.7. The molecule has 1 saturated heterocycles. The van der Waals surface area contributed by atoms with Gasteiger partial charge in [0, 0.05) is 12.0 Å². The van der Waals surface area contributed by atoms with Crippen LogP contribution in [-0.4, -0.2) is 41.6 Å². The van der Waals surface area contributed by atoms with Gasteiger partial charge < -0.3 is 19.3 Å². The fourth-order valence-corrected chi connectivity index (χ4v) is 7.08. The van der Waals surface area contributed by atoms with E-state index in [1.807, 2.05) is 45.0 Å². The number of amides is 1. The van der Waals surface area contributed by atoms with E-state index < -0.39 is 17.7 Å². The predicted octanol–water partition coefficient (Wildman–Crippen LogP) is 7.30. The number of methoxy groups -OCH3 is 1. The Morgan fingerprint density at radius 3 is 2.66 bits per heavy atom. The second-order valence-electron chi connectivity index (χ2n) is 12.0. The van der Waals surface area contributed by atoms with Gasteiger partial charge in [-0.1, -0.05) is 37.3 Å². The van der Waals surface area contributed by atoms with Crippen LogP contribution in [-0.2, 0) is 16.0 Å². The second kappa shape index (κ2) is 11.6. The van der Waals surface area contributed by atoms with Crippen molar-refractivity contribution in [2.45, 2.75) is 59.6 Å². The number of carbonyl (C=O) groups is 2. The van der Waals surface area contributed by atoms with E-state index in [1.54, 1.807) is 31.4 Å². The number of benzene rings is 3. The van der Waals surface area contributed by atoms with Crippen molar-refractivity contribution in [2.75, 3.05) is 18.6 Å². The minimum atomic E-state index is -0.945. The van der Waals surface area contributed by atoms with Crippen LogP contribution in [0, 0.1) is 19.8 Å². The molecule has 3 aromatic carbocycles. The second-order valence-corrected chi connectivity index (χ2v) is 13.0.